The van der Waals surface area contributed by atoms with Crippen molar-refractivity contribution in [2.45, 2.75) is 45.3 Å². The zero-order chi connectivity index (χ0) is 19.4. The van der Waals surface area contributed by atoms with Crippen molar-refractivity contribution < 1.29 is 14.3 Å². The molecule has 3 rings (SSSR count). The lowest BCUT2D eigenvalue weighted by molar-refractivity contribution is -0.0452. The van der Waals surface area contributed by atoms with Crippen LogP contribution in [-0.2, 0) is 16.0 Å². The first-order chi connectivity index (χ1) is 13.0. The monoisotopic (exact) mass is 378 g/mol. The van der Waals surface area contributed by atoms with E-state index in [1.54, 1.807) is 7.11 Å². The van der Waals surface area contributed by atoms with Gasteiger partial charge in [0, 0.05) is 33.3 Å². The first-order valence-electron chi connectivity index (χ1n) is 10.1. The van der Waals surface area contributed by atoms with E-state index in [1.807, 2.05) is 29.5 Å². The maximum absolute atomic E-state index is 13.1. The van der Waals surface area contributed by atoms with Gasteiger partial charge in [0.1, 0.15) is 5.69 Å². The van der Waals surface area contributed by atoms with E-state index in [-0.39, 0.29) is 11.5 Å². The standard InChI is InChI=1S/C20H34N4O3/c1-5-24-18(11-16(2)21-24)19(25)23-8-6-7-20(15-23)12-17(14-27-20)13-22(3)9-10-26-4/h11,17H,5-10,12-15H2,1-4H3/t17-,20+/m1/s1. The molecular formula is C20H34N4O3. The van der Waals surface area contributed by atoms with Crippen LogP contribution < -0.4 is 0 Å². The van der Waals surface area contributed by atoms with Gasteiger partial charge in [0.25, 0.3) is 5.91 Å². The topological polar surface area (TPSA) is 59.8 Å². The van der Waals surface area contributed by atoms with Gasteiger partial charge in [0.2, 0.25) is 0 Å². The molecule has 152 valence electrons. The van der Waals surface area contributed by atoms with Gasteiger partial charge in [-0.15, -0.1) is 0 Å². The number of nitrogens with zero attached hydrogens (tertiary/aromatic N) is 4. The van der Waals surface area contributed by atoms with Crippen molar-refractivity contribution in [2.24, 2.45) is 5.92 Å². The van der Waals surface area contributed by atoms with Crippen molar-refractivity contribution in [3.8, 4) is 0 Å². The zero-order valence-corrected chi connectivity index (χ0v) is 17.2. The second kappa shape index (κ2) is 8.71. The number of carbonyl (C=O) groups excluding carboxylic acids is 1. The lowest BCUT2D eigenvalue weighted by Gasteiger charge is -2.39. The number of aromatic nitrogens is 2. The maximum Gasteiger partial charge on any atom is 0.272 e. The minimum absolute atomic E-state index is 0.0841. The van der Waals surface area contributed by atoms with Crippen molar-refractivity contribution in [3.63, 3.8) is 0 Å². The summed E-state index contributed by atoms with van der Waals surface area (Å²) in [5, 5.41) is 4.43. The van der Waals surface area contributed by atoms with Crippen LogP contribution in [0.4, 0.5) is 0 Å². The number of ether oxygens (including phenoxy) is 2. The molecule has 2 aliphatic rings. The molecule has 7 heteroatoms. The zero-order valence-electron chi connectivity index (χ0n) is 17.2. The molecule has 1 spiro atoms. The summed E-state index contributed by atoms with van der Waals surface area (Å²) < 4.78 is 13.3. The summed E-state index contributed by atoms with van der Waals surface area (Å²) in [6.07, 6.45) is 3.07. The van der Waals surface area contributed by atoms with E-state index in [4.69, 9.17) is 9.47 Å². The van der Waals surface area contributed by atoms with E-state index in [2.05, 4.69) is 17.0 Å². The van der Waals surface area contributed by atoms with Gasteiger partial charge in [0.05, 0.1) is 31.1 Å². The fraction of sp³-hybridized carbons (Fsp3) is 0.800. The molecule has 0 bridgehead atoms. The Balaban J connectivity index is 1.61. The molecule has 2 aliphatic heterocycles. The van der Waals surface area contributed by atoms with Crippen molar-refractivity contribution in [1.82, 2.24) is 19.6 Å². The Labute approximate surface area is 162 Å². The lowest BCUT2D eigenvalue weighted by atomic mass is 9.86. The number of likely N-dealkylation sites (tertiary alicyclic amines) is 1. The average Bonchev–Trinajstić information content (AvgIpc) is 3.22. The SMILES string of the molecule is CCn1nc(C)cc1C(=O)N1CCC[C@]2(C[C@H](CN(C)CCOC)CO2)C1. The Bertz CT molecular complexity index is 647. The third-order valence-electron chi connectivity index (χ3n) is 5.78. The Morgan fingerprint density at radius 3 is 3.07 bits per heavy atom. The molecule has 0 N–H and O–H groups in total. The van der Waals surface area contributed by atoms with E-state index >= 15 is 0 Å². The van der Waals surface area contributed by atoms with E-state index in [1.165, 1.54) is 0 Å². The quantitative estimate of drug-likeness (QED) is 0.724. The molecule has 0 saturated carbocycles. The van der Waals surface area contributed by atoms with Gasteiger partial charge < -0.3 is 19.3 Å². The molecule has 1 aromatic heterocycles. The largest absolute Gasteiger partial charge is 0.383 e. The first kappa shape index (κ1) is 20.3. The smallest absolute Gasteiger partial charge is 0.272 e. The molecule has 0 unspecified atom stereocenters. The molecule has 7 nitrogen and oxygen atoms in total. The second-order valence-corrected chi connectivity index (χ2v) is 8.14. The van der Waals surface area contributed by atoms with Crippen LogP contribution in [0.1, 0.15) is 42.4 Å². The van der Waals surface area contributed by atoms with Crippen LogP contribution in [0.2, 0.25) is 0 Å². The van der Waals surface area contributed by atoms with Crippen molar-refractivity contribution in [2.75, 3.05) is 53.6 Å². The third-order valence-corrected chi connectivity index (χ3v) is 5.78. The number of piperidine rings is 1. The molecule has 0 aliphatic carbocycles. The summed E-state index contributed by atoms with van der Waals surface area (Å²) in [6.45, 7) is 9.64. The van der Waals surface area contributed by atoms with Gasteiger partial charge >= 0.3 is 0 Å². The highest BCUT2D eigenvalue weighted by Crippen LogP contribution is 2.38. The minimum Gasteiger partial charge on any atom is -0.383 e. The van der Waals surface area contributed by atoms with Crippen LogP contribution >= 0.6 is 0 Å². The molecular weight excluding hydrogens is 344 g/mol. The van der Waals surface area contributed by atoms with E-state index in [0.717, 1.165) is 57.8 Å². The van der Waals surface area contributed by atoms with Gasteiger partial charge in [-0.2, -0.15) is 5.10 Å². The number of aryl methyl sites for hydroxylation is 2. The van der Waals surface area contributed by atoms with Crippen LogP contribution in [0, 0.1) is 12.8 Å². The van der Waals surface area contributed by atoms with E-state index in [9.17, 15) is 4.79 Å². The van der Waals surface area contributed by atoms with Crippen molar-refractivity contribution in [3.05, 3.63) is 17.5 Å². The van der Waals surface area contributed by atoms with Crippen LogP contribution in [0.25, 0.3) is 0 Å². The predicted molar refractivity (Wildman–Crippen MR) is 104 cm³/mol. The van der Waals surface area contributed by atoms with Crippen LogP contribution in [-0.4, -0.2) is 84.6 Å². The highest BCUT2D eigenvalue weighted by atomic mass is 16.5. The second-order valence-electron chi connectivity index (χ2n) is 8.14. The molecule has 1 amide bonds. The van der Waals surface area contributed by atoms with Crippen LogP contribution in [0.5, 0.6) is 0 Å². The van der Waals surface area contributed by atoms with Crippen LogP contribution in [0.3, 0.4) is 0 Å². The minimum atomic E-state index is -0.174. The maximum atomic E-state index is 13.1. The summed E-state index contributed by atoms with van der Waals surface area (Å²) >= 11 is 0. The summed E-state index contributed by atoms with van der Waals surface area (Å²) in [5.41, 5.74) is 1.41. The Morgan fingerprint density at radius 1 is 1.52 bits per heavy atom. The summed E-state index contributed by atoms with van der Waals surface area (Å²) in [4.78, 5) is 17.4. The molecule has 3 heterocycles. The summed E-state index contributed by atoms with van der Waals surface area (Å²) in [5.74, 6) is 0.603. The van der Waals surface area contributed by atoms with Gasteiger partial charge in [-0.25, -0.2) is 0 Å². The van der Waals surface area contributed by atoms with E-state index < -0.39 is 0 Å². The van der Waals surface area contributed by atoms with Gasteiger partial charge in [-0.3, -0.25) is 9.48 Å². The fourth-order valence-electron chi connectivity index (χ4n) is 4.51. The molecule has 2 fully saturated rings. The van der Waals surface area contributed by atoms with Crippen molar-refractivity contribution >= 4 is 5.91 Å². The Kier molecular flexibility index (Phi) is 6.55. The fourth-order valence-corrected chi connectivity index (χ4v) is 4.51. The molecule has 2 atom stereocenters. The average molecular weight is 379 g/mol. The highest BCUT2D eigenvalue weighted by Gasteiger charge is 2.44. The number of hydrogen-bond donors (Lipinski definition) is 0. The predicted octanol–water partition coefficient (Wildman–Crippen LogP) is 1.80. The molecule has 0 radical (unpaired) electrons. The van der Waals surface area contributed by atoms with Crippen molar-refractivity contribution in [1.29, 1.82) is 0 Å². The number of amides is 1. The number of methoxy groups -OCH3 is 1. The number of likely N-dealkylation sites (N-methyl/N-ethyl adjacent to an activating group) is 1. The summed E-state index contributed by atoms with van der Waals surface area (Å²) in [7, 11) is 3.87. The third kappa shape index (κ3) is 4.70. The lowest BCUT2D eigenvalue weighted by Crippen LogP contribution is -2.50. The Hall–Kier alpha value is -1.44. The van der Waals surface area contributed by atoms with Gasteiger partial charge in [-0.05, 0) is 52.1 Å². The summed E-state index contributed by atoms with van der Waals surface area (Å²) in [6, 6.07) is 1.90. The number of hydrogen-bond acceptors (Lipinski definition) is 5. The number of carbonyl (C=O) groups is 1. The molecule has 1 aromatic rings. The van der Waals surface area contributed by atoms with E-state index in [0.29, 0.717) is 24.7 Å². The molecule has 0 aromatic carbocycles. The van der Waals surface area contributed by atoms with Gasteiger partial charge in [-0.1, -0.05) is 0 Å². The normalized spacial score (nSPS) is 25.7. The highest BCUT2D eigenvalue weighted by molar-refractivity contribution is 5.92. The number of rotatable bonds is 7. The van der Waals surface area contributed by atoms with Gasteiger partial charge in [0.15, 0.2) is 0 Å². The molecule has 27 heavy (non-hydrogen) atoms. The molecule has 2 saturated heterocycles. The van der Waals surface area contributed by atoms with Crippen LogP contribution in [0.15, 0.2) is 6.07 Å². The first-order valence-corrected chi connectivity index (χ1v) is 10.1. The Morgan fingerprint density at radius 2 is 2.33 bits per heavy atom.